The van der Waals surface area contributed by atoms with Crippen molar-refractivity contribution in [1.82, 2.24) is 15.0 Å². The van der Waals surface area contributed by atoms with Crippen LogP contribution in [0.5, 0.6) is 0 Å². The van der Waals surface area contributed by atoms with Crippen molar-refractivity contribution < 1.29 is 15.3 Å². The second kappa shape index (κ2) is 18.2. The van der Waals surface area contributed by atoms with Crippen LogP contribution in [0, 0.1) is 0 Å². The van der Waals surface area contributed by atoms with E-state index in [0.29, 0.717) is 84.7 Å². The number of aliphatic imine (C=N–C) groups is 3. The normalized spacial score (nSPS) is 24.0. The number of hydrogen-bond acceptors (Lipinski definition) is 6. The van der Waals surface area contributed by atoms with Crippen molar-refractivity contribution in [2.45, 2.75) is 16.8 Å². The molecule has 4 aliphatic heterocycles. The summed E-state index contributed by atoms with van der Waals surface area (Å²) >= 11 is 0. The van der Waals surface area contributed by atoms with E-state index in [1.807, 2.05) is 237 Å². The van der Waals surface area contributed by atoms with Crippen LogP contribution in [-0.4, -0.2) is 32.1 Å². The molecular formula is C66H45N6O3-3. The molecule has 4 aliphatic rings. The molecule has 3 aromatic heterocycles. The maximum atomic E-state index is 16.3. The van der Waals surface area contributed by atoms with E-state index in [0.717, 1.165) is 16.7 Å². The van der Waals surface area contributed by atoms with E-state index in [-0.39, 0.29) is 17.1 Å². The van der Waals surface area contributed by atoms with Gasteiger partial charge in [-0.05, 0) is 117 Å². The molecule has 3 unspecified atom stereocenters. The smallest absolute Gasteiger partial charge is 0.0732 e. The predicted molar refractivity (Wildman–Crippen MR) is 291 cm³/mol. The van der Waals surface area contributed by atoms with Crippen LogP contribution in [-0.2, 0) is 16.8 Å². The van der Waals surface area contributed by atoms with Crippen LogP contribution in [0.25, 0.3) is 16.7 Å². The van der Waals surface area contributed by atoms with Gasteiger partial charge in [0, 0.05) is 73.6 Å². The molecule has 9 nitrogen and oxygen atoms in total. The molecule has 75 heavy (non-hydrogen) atoms. The molecule has 9 aromatic rings. The molecule has 0 saturated carbocycles. The predicted octanol–water partition coefficient (Wildman–Crippen LogP) is 10.2. The molecule has 3 atom stereocenters. The second-order valence-electron chi connectivity index (χ2n) is 18.9. The summed E-state index contributed by atoms with van der Waals surface area (Å²) in [5.74, 6) is 0. The SMILES string of the molecule is [O-]C1(c2ccccc2)C2=N/C(=C(/c3ccccc3)c3ccc([nH]3)C([O-])(c3ccccc3)C3=N/C(=C(\c4ccccc4)c4ccc([nH]4)C([O-])(c4ccccc4)c4ccc([nH]4)/C(c4ccccc4)=C4/C=CC1=N4)C=C3)C=C2. The van der Waals surface area contributed by atoms with Gasteiger partial charge in [0.1, 0.15) is 0 Å². The van der Waals surface area contributed by atoms with Crippen molar-refractivity contribution in [1.29, 1.82) is 0 Å². The lowest BCUT2D eigenvalue weighted by Crippen LogP contribution is -2.53. The third-order valence-corrected chi connectivity index (χ3v) is 14.5. The Morgan fingerprint density at radius 2 is 0.533 bits per heavy atom. The van der Waals surface area contributed by atoms with Crippen molar-refractivity contribution in [3.05, 3.63) is 339 Å². The Morgan fingerprint density at radius 1 is 0.267 bits per heavy atom. The molecule has 13 rings (SSSR count). The van der Waals surface area contributed by atoms with E-state index in [9.17, 15) is 0 Å². The largest absolute Gasteiger partial charge is 0.837 e. The minimum Gasteiger partial charge on any atom is -0.837 e. The first-order valence-corrected chi connectivity index (χ1v) is 24.9. The molecule has 0 fully saturated rings. The van der Waals surface area contributed by atoms with E-state index < -0.39 is 16.8 Å². The van der Waals surface area contributed by atoms with Crippen LogP contribution in [0.1, 0.15) is 67.5 Å². The van der Waals surface area contributed by atoms with E-state index in [4.69, 9.17) is 15.0 Å². The third-order valence-electron chi connectivity index (χ3n) is 14.5. The summed E-state index contributed by atoms with van der Waals surface area (Å²) < 4.78 is 0. The lowest BCUT2D eigenvalue weighted by molar-refractivity contribution is -0.457. The molecule has 3 N–H and O–H groups in total. The van der Waals surface area contributed by atoms with Crippen LogP contribution in [0.15, 0.2) is 287 Å². The molecule has 0 aliphatic carbocycles. The number of nitrogens with zero attached hydrogens (tertiary/aromatic N) is 3. The molecule has 7 heterocycles. The molecule has 6 aromatic carbocycles. The van der Waals surface area contributed by atoms with Crippen LogP contribution in [0.3, 0.4) is 0 Å². The van der Waals surface area contributed by atoms with Gasteiger partial charge in [-0.2, -0.15) is 0 Å². The van der Waals surface area contributed by atoms with Gasteiger partial charge in [0.25, 0.3) is 0 Å². The molecule has 0 amide bonds. The third kappa shape index (κ3) is 7.56. The molecule has 0 radical (unpaired) electrons. The zero-order valence-electron chi connectivity index (χ0n) is 40.3. The van der Waals surface area contributed by atoms with Crippen molar-refractivity contribution in [2.75, 3.05) is 0 Å². The van der Waals surface area contributed by atoms with Crippen LogP contribution in [0.4, 0.5) is 0 Å². The van der Waals surface area contributed by atoms with Crippen molar-refractivity contribution >= 4 is 33.9 Å². The summed E-state index contributed by atoms with van der Waals surface area (Å²) in [6.07, 6.45) is 11.0. The highest BCUT2D eigenvalue weighted by molar-refractivity contribution is 6.25. The zero-order chi connectivity index (χ0) is 50.6. The van der Waals surface area contributed by atoms with Gasteiger partial charge >= 0.3 is 0 Å². The Labute approximate surface area is 433 Å². The number of allylic oxidation sites excluding steroid dienone is 3. The molecule has 9 heteroatoms. The van der Waals surface area contributed by atoms with Crippen LogP contribution < -0.4 is 15.3 Å². The molecule has 0 saturated heterocycles. The summed E-state index contributed by atoms with van der Waals surface area (Å²) in [4.78, 5) is 26.4. The second-order valence-corrected chi connectivity index (χ2v) is 18.9. The fraction of sp³-hybridized carbons (Fsp3) is 0.0455. The van der Waals surface area contributed by atoms with Gasteiger partial charge in [-0.25, -0.2) is 0 Å². The van der Waals surface area contributed by atoms with Gasteiger partial charge in [-0.15, -0.1) is 0 Å². The number of aromatic amines is 3. The van der Waals surface area contributed by atoms with Crippen LogP contribution in [0.2, 0.25) is 0 Å². The highest BCUT2D eigenvalue weighted by Crippen LogP contribution is 2.42. The average Bonchev–Trinajstić information content (AvgIpc) is 4.35. The van der Waals surface area contributed by atoms with Gasteiger partial charge in [-0.3, -0.25) is 15.0 Å². The number of nitrogens with one attached hydrogen (secondary N) is 3. The number of aromatic nitrogens is 3. The summed E-state index contributed by atoms with van der Waals surface area (Å²) in [5.41, 5.74) is 5.45. The molecular weight excluding hydrogens is 925 g/mol. The van der Waals surface area contributed by atoms with Crippen molar-refractivity contribution in [3.63, 3.8) is 0 Å². The Kier molecular flexibility index (Phi) is 11.0. The minimum atomic E-state index is -2.08. The van der Waals surface area contributed by atoms with E-state index in [1.165, 1.54) is 0 Å². The number of H-pyrrole nitrogens is 3. The number of hydrogen-bond donors (Lipinski definition) is 3. The van der Waals surface area contributed by atoms with E-state index in [1.54, 1.807) is 18.2 Å². The first-order chi connectivity index (χ1) is 36.8. The Bertz CT molecular complexity index is 3950. The van der Waals surface area contributed by atoms with E-state index >= 15 is 15.3 Å². The lowest BCUT2D eigenvalue weighted by Gasteiger charge is -2.40. The standard InChI is InChI=1S/C66H45N6O3/c73-64(46-25-13-4-14-26-46)55-37-31-49(67-55)61(43-19-7-1-8-20-43)50-32-38-56(68-50)65(74,47-27-15-5-16-28-47)58-40-34-52(70-58)63(45-23-11-3-12-24-45)54-36-42-60(72-54)66(75,48-29-17-6-18-30-48)59-41-35-53(71-59)62(44-21-9-2-10-22-44)51-33-39-57(64)69-51/h1-42,67,69-70H/q-3/b61-50+,62-53-,63-54-. The fourth-order valence-corrected chi connectivity index (χ4v) is 10.8. The summed E-state index contributed by atoms with van der Waals surface area (Å²) in [5, 5.41) is 48.9. The molecule has 12 bridgehead atoms. The first kappa shape index (κ1) is 45.4. The fourth-order valence-electron chi connectivity index (χ4n) is 10.8. The summed E-state index contributed by atoms with van der Waals surface area (Å²) in [6, 6.07) is 68.6. The average molecular weight is 970 g/mol. The highest BCUT2D eigenvalue weighted by Gasteiger charge is 2.36. The summed E-state index contributed by atoms with van der Waals surface area (Å²) in [6.45, 7) is 0. The van der Waals surface area contributed by atoms with Crippen molar-refractivity contribution in [3.8, 4) is 0 Å². The number of benzene rings is 6. The lowest BCUT2D eigenvalue weighted by atomic mass is 9.84. The Morgan fingerprint density at radius 3 is 0.867 bits per heavy atom. The number of fused-ring (bicyclic) bond motifs is 9. The van der Waals surface area contributed by atoms with Gasteiger partial charge in [-0.1, -0.05) is 182 Å². The Hall–Kier alpha value is -9.51. The van der Waals surface area contributed by atoms with Crippen molar-refractivity contribution in [2.24, 2.45) is 15.0 Å². The first-order valence-electron chi connectivity index (χ1n) is 24.9. The maximum absolute atomic E-state index is 16.3. The van der Waals surface area contributed by atoms with Gasteiger partial charge < -0.3 is 30.3 Å². The quantitative estimate of drug-likeness (QED) is 0.152. The molecule has 360 valence electrons. The molecule has 0 spiro atoms. The van der Waals surface area contributed by atoms with Crippen LogP contribution >= 0.6 is 0 Å². The monoisotopic (exact) mass is 969 g/mol. The van der Waals surface area contributed by atoms with Gasteiger partial charge in [0.15, 0.2) is 0 Å². The van der Waals surface area contributed by atoms with E-state index in [2.05, 4.69) is 15.0 Å². The maximum Gasteiger partial charge on any atom is 0.0732 e. The van der Waals surface area contributed by atoms with Gasteiger partial charge in [0.05, 0.1) is 17.1 Å². The summed E-state index contributed by atoms with van der Waals surface area (Å²) in [7, 11) is 0. The minimum absolute atomic E-state index is 0.247. The highest BCUT2D eigenvalue weighted by atomic mass is 16.3. The number of rotatable bonds is 6. The topological polar surface area (TPSA) is 154 Å². The van der Waals surface area contributed by atoms with Gasteiger partial charge in [0.2, 0.25) is 0 Å². The Balaban J connectivity index is 1.10. The zero-order valence-corrected chi connectivity index (χ0v) is 40.3.